The highest BCUT2D eigenvalue weighted by molar-refractivity contribution is 7.91. The first kappa shape index (κ1) is 12.2. The average Bonchev–Trinajstić information content (AvgIpc) is 2.17. The van der Waals surface area contributed by atoms with Gasteiger partial charge in [-0.3, -0.25) is 0 Å². The van der Waals surface area contributed by atoms with Crippen LogP contribution < -0.4 is 5.73 Å². The molecule has 0 aliphatic heterocycles. The van der Waals surface area contributed by atoms with Crippen LogP contribution in [0.4, 0.5) is 0 Å². The maximum Gasteiger partial charge on any atom is 0.178 e. The van der Waals surface area contributed by atoms with Crippen molar-refractivity contribution in [3.05, 3.63) is 29.8 Å². The molecular formula is C11H17NO2S. The van der Waals surface area contributed by atoms with E-state index in [9.17, 15) is 8.42 Å². The zero-order valence-corrected chi connectivity index (χ0v) is 9.92. The Kier molecular flexibility index (Phi) is 3.88. The van der Waals surface area contributed by atoms with Gasteiger partial charge in [-0.1, -0.05) is 24.6 Å². The van der Waals surface area contributed by atoms with E-state index in [2.05, 4.69) is 0 Å². The second-order valence-electron chi connectivity index (χ2n) is 3.94. The van der Waals surface area contributed by atoms with Gasteiger partial charge in [0.1, 0.15) is 0 Å². The molecule has 1 atom stereocenters. The molecular weight excluding hydrogens is 210 g/mol. The van der Waals surface area contributed by atoms with Crippen LogP contribution >= 0.6 is 0 Å². The molecule has 1 rings (SSSR count). The standard InChI is InChI=1S/C11H17NO2S/c1-9-3-5-11(6-4-9)15(13,14)8-10(2)7-12/h3-6,10H,7-8,12H2,1-2H3. The van der Waals surface area contributed by atoms with Crippen LogP contribution in [0.5, 0.6) is 0 Å². The fourth-order valence-electron chi connectivity index (χ4n) is 1.28. The first-order valence-electron chi connectivity index (χ1n) is 4.95. The van der Waals surface area contributed by atoms with E-state index in [4.69, 9.17) is 5.73 Å². The summed E-state index contributed by atoms with van der Waals surface area (Å²) >= 11 is 0. The third-order valence-corrected chi connectivity index (χ3v) is 4.28. The predicted molar refractivity (Wildman–Crippen MR) is 61.5 cm³/mol. The van der Waals surface area contributed by atoms with Gasteiger partial charge in [0.05, 0.1) is 10.6 Å². The monoisotopic (exact) mass is 227 g/mol. The van der Waals surface area contributed by atoms with Gasteiger partial charge in [0.25, 0.3) is 0 Å². The maximum absolute atomic E-state index is 11.9. The third-order valence-electron chi connectivity index (χ3n) is 2.29. The number of hydrogen-bond acceptors (Lipinski definition) is 3. The summed E-state index contributed by atoms with van der Waals surface area (Å²) in [5, 5.41) is 0. The Hall–Kier alpha value is -0.870. The molecule has 1 aromatic rings. The van der Waals surface area contributed by atoms with Gasteiger partial charge in [-0.05, 0) is 31.5 Å². The first-order valence-corrected chi connectivity index (χ1v) is 6.60. The molecule has 0 radical (unpaired) electrons. The van der Waals surface area contributed by atoms with E-state index < -0.39 is 9.84 Å². The van der Waals surface area contributed by atoms with Crippen LogP contribution in [-0.4, -0.2) is 20.7 Å². The van der Waals surface area contributed by atoms with Crippen molar-refractivity contribution < 1.29 is 8.42 Å². The minimum Gasteiger partial charge on any atom is -0.330 e. The van der Waals surface area contributed by atoms with Crippen molar-refractivity contribution in [3.8, 4) is 0 Å². The van der Waals surface area contributed by atoms with Crippen molar-refractivity contribution >= 4 is 9.84 Å². The highest BCUT2D eigenvalue weighted by Gasteiger charge is 2.17. The Bertz CT molecular complexity index is 409. The van der Waals surface area contributed by atoms with E-state index in [0.717, 1.165) is 5.56 Å². The number of nitrogens with two attached hydrogens (primary N) is 1. The second kappa shape index (κ2) is 4.77. The fourth-order valence-corrected chi connectivity index (χ4v) is 2.91. The average molecular weight is 227 g/mol. The van der Waals surface area contributed by atoms with Gasteiger partial charge in [0, 0.05) is 0 Å². The van der Waals surface area contributed by atoms with Crippen molar-refractivity contribution in [1.82, 2.24) is 0 Å². The van der Waals surface area contributed by atoms with Crippen molar-refractivity contribution in [1.29, 1.82) is 0 Å². The minimum atomic E-state index is -3.17. The summed E-state index contributed by atoms with van der Waals surface area (Å²) in [7, 11) is -3.17. The van der Waals surface area contributed by atoms with Crippen LogP contribution in [0, 0.1) is 12.8 Å². The van der Waals surface area contributed by atoms with Gasteiger partial charge in [-0.15, -0.1) is 0 Å². The van der Waals surface area contributed by atoms with E-state index in [-0.39, 0.29) is 11.7 Å². The SMILES string of the molecule is Cc1ccc(S(=O)(=O)CC(C)CN)cc1. The Morgan fingerprint density at radius 3 is 2.27 bits per heavy atom. The molecule has 1 aromatic carbocycles. The maximum atomic E-state index is 11.9. The van der Waals surface area contributed by atoms with Crippen LogP contribution in [-0.2, 0) is 9.84 Å². The Morgan fingerprint density at radius 1 is 1.27 bits per heavy atom. The molecule has 84 valence electrons. The highest BCUT2D eigenvalue weighted by atomic mass is 32.2. The molecule has 4 heteroatoms. The largest absolute Gasteiger partial charge is 0.330 e. The van der Waals surface area contributed by atoms with Crippen LogP contribution in [0.2, 0.25) is 0 Å². The van der Waals surface area contributed by atoms with Gasteiger partial charge < -0.3 is 5.73 Å². The Labute approximate surface area is 91.2 Å². The number of rotatable bonds is 4. The van der Waals surface area contributed by atoms with Gasteiger partial charge in [-0.25, -0.2) is 8.42 Å². The van der Waals surface area contributed by atoms with Gasteiger partial charge in [0.2, 0.25) is 0 Å². The number of hydrogen-bond donors (Lipinski definition) is 1. The summed E-state index contributed by atoms with van der Waals surface area (Å²) in [6, 6.07) is 6.90. The van der Waals surface area contributed by atoms with Crippen LogP contribution in [0.1, 0.15) is 12.5 Å². The second-order valence-corrected chi connectivity index (χ2v) is 5.97. The van der Waals surface area contributed by atoms with E-state index in [1.807, 2.05) is 13.8 Å². The van der Waals surface area contributed by atoms with E-state index in [0.29, 0.717) is 11.4 Å². The Balaban J connectivity index is 2.91. The molecule has 0 fully saturated rings. The zero-order valence-electron chi connectivity index (χ0n) is 9.10. The third kappa shape index (κ3) is 3.32. The molecule has 15 heavy (non-hydrogen) atoms. The minimum absolute atomic E-state index is 0.00342. The topological polar surface area (TPSA) is 60.2 Å². The van der Waals surface area contributed by atoms with Crippen molar-refractivity contribution in [2.75, 3.05) is 12.3 Å². The van der Waals surface area contributed by atoms with Gasteiger partial charge >= 0.3 is 0 Å². The van der Waals surface area contributed by atoms with E-state index in [1.54, 1.807) is 24.3 Å². The molecule has 0 heterocycles. The summed E-state index contributed by atoms with van der Waals surface area (Å²) in [6.07, 6.45) is 0. The fraction of sp³-hybridized carbons (Fsp3) is 0.455. The zero-order chi connectivity index (χ0) is 11.5. The smallest absolute Gasteiger partial charge is 0.178 e. The molecule has 0 amide bonds. The quantitative estimate of drug-likeness (QED) is 0.845. The van der Waals surface area contributed by atoms with Crippen LogP contribution in [0.25, 0.3) is 0 Å². The van der Waals surface area contributed by atoms with Crippen LogP contribution in [0.15, 0.2) is 29.2 Å². The molecule has 3 nitrogen and oxygen atoms in total. The normalized spacial score (nSPS) is 13.8. The number of benzene rings is 1. The first-order chi connectivity index (χ1) is 6.95. The molecule has 0 saturated heterocycles. The summed E-state index contributed by atoms with van der Waals surface area (Å²) in [4.78, 5) is 0.383. The van der Waals surface area contributed by atoms with E-state index >= 15 is 0 Å². The molecule has 0 aromatic heterocycles. The summed E-state index contributed by atoms with van der Waals surface area (Å²) < 4.78 is 23.7. The predicted octanol–water partition coefficient (Wildman–Crippen LogP) is 1.36. The Morgan fingerprint density at radius 2 is 1.80 bits per heavy atom. The highest BCUT2D eigenvalue weighted by Crippen LogP contribution is 2.14. The molecule has 1 unspecified atom stereocenters. The molecule has 0 aliphatic rings. The lowest BCUT2D eigenvalue weighted by molar-refractivity contribution is 0.574. The lowest BCUT2D eigenvalue weighted by atomic mass is 10.2. The van der Waals surface area contributed by atoms with Crippen LogP contribution in [0.3, 0.4) is 0 Å². The lowest BCUT2D eigenvalue weighted by Gasteiger charge is -2.09. The molecule has 0 aliphatic carbocycles. The van der Waals surface area contributed by atoms with Gasteiger partial charge in [0.15, 0.2) is 9.84 Å². The summed E-state index contributed by atoms with van der Waals surface area (Å²) in [5.74, 6) is 0.114. The number of aryl methyl sites for hydroxylation is 1. The summed E-state index contributed by atoms with van der Waals surface area (Å²) in [5.41, 5.74) is 6.47. The summed E-state index contributed by atoms with van der Waals surface area (Å²) in [6.45, 7) is 4.16. The van der Waals surface area contributed by atoms with E-state index in [1.165, 1.54) is 0 Å². The van der Waals surface area contributed by atoms with Crippen molar-refractivity contribution in [3.63, 3.8) is 0 Å². The lowest BCUT2D eigenvalue weighted by Crippen LogP contribution is -2.21. The number of sulfone groups is 1. The van der Waals surface area contributed by atoms with Crippen molar-refractivity contribution in [2.24, 2.45) is 11.7 Å². The molecule has 0 spiro atoms. The van der Waals surface area contributed by atoms with Gasteiger partial charge in [-0.2, -0.15) is 0 Å². The molecule has 2 N–H and O–H groups in total. The molecule has 0 bridgehead atoms. The van der Waals surface area contributed by atoms with Crippen molar-refractivity contribution in [2.45, 2.75) is 18.7 Å². The molecule has 0 saturated carbocycles.